The van der Waals surface area contributed by atoms with Crippen molar-refractivity contribution in [3.05, 3.63) is 58.7 Å². The molecule has 9 heteroatoms. The number of aryl methyl sites for hydroxylation is 1. The molecular formula is C28H38F3NO4Si. The summed E-state index contributed by atoms with van der Waals surface area (Å²) in [5, 5.41) is -0.174. The van der Waals surface area contributed by atoms with Crippen LogP contribution in [-0.4, -0.2) is 38.2 Å². The lowest BCUT2D eigenvalue weighted by Gasteiger charge is -2.37. The molecule has 0 N–H and O–H groups in total. The van der Waals surface area contributed by atoms with Crippen LogP contribution in [0.2, 0.25) is 18.1 Å². The van der Waals surface area contributed by atoms with E-state index in [1.165, 1.54) is 13.2 Å². The number of hydrogen-bond donors (Lipinski definition) is 0. The normalized spacial score (nSPS) is 14.9. The first-order valence-corrected chi connectivity index (χ1v) is 15.4. The van der Waals surface area contributed by atoms with E-state index >= 15 is 0 Å². The number of esters is 1. The van der Waals surface area contributed by atoms with E-state index in [0.29, 0.717) is 31.5 Å². The summed E-state index contributed by atoms with van der Waals surface area (Å²) in [7, 11) is -0.997. The summed E-state index contributed by atoms with van der Waals surface area (Å²) in [5.41, 5.74) is 3.10. The topological polar surface area (TPSA) is 48.0 Å². The fourth-order valence-corrected chi connectivity index (χ4v) is 5.21. The number of fused-ring (bicyclic) bond motifs is 1. The number of halogens is 3. The van der Waals surface area contributed by atoms with Gasteiger partial charge in [0.2, 0.25) is 0 Å². The summed E-state index contributed by atoms with van der Waals surface area (Å²) in [6.45, 7) is 15.6. The van der Waals surface area contributed by atoms with Crippen molar-refractivity contribution in [2.45, 2.75) is 90.6 Å². The SMILES string of the molecule is COC(=O)c1cccc2c1CN(C(C)(C)CCc1ccc(O[Si](C)(C)C(C)(C)C)c(OC(F)(F)F)c1)C2. The van der Waals surface area contributed by atoms with Crippen LogP contribution in [0.15, 0.2) is 36.4 Å². The molecule has 3 rings (SSSR count). The van der Waals surface area contributed by atoms with Gasteiger partial charge >= 0.3 is 12.3 Å². The van der Waals surface area contributed by atoms with E-state index in [4.69, 9.17) is 9.16 Å². The molecule has 2 aromatic rings. The molecule has 37 heavy (non-hydrogen) atoms. The Hall–Kier alpha value is -2.52. The lowest BCUT2D eigenvalue weighted by Crippen LogP contribution is -2.44. The minimum absolute atomic E-state index is 0.122. The average molecular weight is 538 g/mol. The second kappa shape index (κ2) is 10.3. The fraction of sp³-hybridized carbons (Fsp3) is 0.536. The third-order valence-electron chi connectivity index (χ3n) is 7.68. The van der Waals surface area contributed by atoms with Gasteiger partial charge in [-0.15, -0.1) is 13.2 Å². The molecule has 0 aliphatic carbocycles. The van der Waals surface area contributed by atoms with Crippen molar-refractivity contribution in [2.75, 3.05) is 7.11 Å². The average Bonchev–Trinajstić information content (AvgIpc) is 3.22. The smallest absolute Gasteiger partial charge is 0.541 e. The first kappa shape index (κ1) is 29.0. The highest BCUT2D eigenvalue weighted by atomic mass is 28.4. The van der Waals surface area contributed by atoms with Crippen LogP contribution >= 0.6 is 0 Å². The van der Waals surface area contributed by atoms with Gasteiger partial charge in [-0.05, 0) is 79.7 Å². The van der Waals surface area contributed by atoms with Crippen LogP contribution in [0.25, 0.3) is 0 Å². The van der Waals surface area contributed by atoms with Gasteiger partial charge in [0.1, 0.15) is 5.75 Å². The first-order valence-electron chi connectivity index (χ1n) is 12.5. The third kappa shape index (κ3) is 6.87. The van der Waals surface area contributed by atoms with E-state index in [1.54, 1.807) is 12.1 Å². The molecule has 0 unspecified atom stereocenters. The molecule has 5 nitrogen and oxygen atoms in total. The minimum Gasteiger partial charge on any atom is -0.541 e. The summed E-state index contributed by atoms with van der Waals surface area (Å²) >= 11 is 0. The summed E-state index contributed by atoms with van der Waals surface area (Å²) in [5.74, 6) is -0.533. The van der Waals surface area contributed by atoms with Gasteiger partial charge in [0.25, 0.3) is 8.32 Å². The molecule has 1 heterocycles. The first-order chi connectivity index (χ1) is 16.9. The molecule has 1 aliphatic heterocycles. The van der Waals surface area contributed by atoms with Gasteiger partial charge in [-0.1, -0.05) is 39.0 Å². The van der Waals surface area contributed by atoms with Crippen molar-refractivity contribution >= 4 is 14.3 Å². The van der Waals surface area contributed by atoms with Gasteiger partial charge in [-0.2, -0.15) is 0 Å². The maximum Gasteiger partial charge on any atom is 0.573 e. The molecule has 0 spiro atoms. The van der Waals surface area contributed by atoms with E-state index in [2.05, 4.69) is 23.5 Å². The van der Waals surface area contributed by atoms with Gasteiger partial charge in [0.05, 0.1) is 12.7 Å². The van der Waals surface area contributed by atoms with Gasteiger partial charge in [0.15, 0.2) is 5.75 Å². The number of benzene rings is 2. The highest BCUT2D eigenvalue weighted by Crippen LogP contribution is 2.42. The molecule has 0 bridgehead atoms. The minimum atomic E-state index is -4.82. The second-order valence-corrected chi connectivity index (χ2v) is 16.5. The third-order valence-corrected chi connectivity index (χ3v) is 12.0. The van der Waals surface area contributed by atoms with Crippen LogP contribution in [0.3, 0.4) is 0 Å². The second-order valence-electron chi connectivity index (χ2n) is 11.8. The number of alkyl halides is 3. The van der Waals surface area contributed by atoms with Crippen molar-refractivity contribution in [2.24, 2.45) is 0 Å². The number of carbonyl (C=O) groups excluding carboxylic acids is 1. The van der Waals surface area contributed by atoms with Crippen LogP contribution in [0.5, 0.6) is 11.5 Å². The van der Waals surface area contributed by atoms with Gasteiger partial charge in [0, 0.05) is 18.6 Å². The van der Waals surface area contributed by atoms with E-state index in [0.717, 1.165) is 16.7 Å². The molecule has 0 radical (unpaired) electrons. The van der Waals surface area contributed by atoms with Gasteiger partial charge < -0.3 is 13.9 Å². The van der Waals surface area contributed by atoms with Crippen LogP contribution in [0.4, 0.5) is 13.2 Å². The monoisotopic (exact) mass is 537 g/mol. The quantitative estimate of drug-likeness (QED) is 0.258. The Morgan fingerprint density at radius 2 is 1.68 bits per heavy atom. The molecule has 0 amide bonds. The molecular weight excluding hydrogens is 499 g/mol. The van der Waals surface area contributed by atoms with Crippen molar-refractivity contribution < 1.29 is 31.9 Å². The molecule has 1 aliphatic rings. The van der Waals surface area contributed by atoms with E-state index < -0.39 is 14.7 Å². The van der Waals surface area contributed by atoms with Crippen LogP contribution < -0.4 is 9.16 Å². The fourth-order valence-electron chi connectivity index (χ4n) is 4.18. The zero-order valence-electron chi connectivity index (χ0n) is 23.0. The molecule has 0 aromatic heterocycles. The van der Waals surface area contributed by atoms with Crippen molar-refractivity contribution in [3.8, 4) is 11.5 Å². The molecule has 2 aromatic carbocycles. The molecule has 0 fully saturated rings. The van der Waals surface area contributed by atoms with Crippen LogP contribution in [0, 0.1) is 0 Å². The maximum atomic E-state index is 13.2. The molecule has 0 saturated carbocycles. The predicted molar refractivity (Wildman–Crippen MR) is 140 cm³/mol. The summed E-state index contributed by atoms with van der Waals surface area (Å²) < 4.78 is 55.2. The van der Waals surface area contributed by atoms with Crippen LogP contribution in [-0.2, 0) is 24.2 Å². The van der Waals surface area contributed by atoms with E-state index in [9.17, 15) is 18.0 Å². The summed E-state index contributed by atoms with van der Waals surface area (Å²) in [6, 6.07) is 10.5. The van der Waals surface area contributed by atoms with Gasteiger partial charge in [-0.25, -0.2) is 4.79 Å². The van der Waals surface area contributed by atoms with Crippen molar-refractivity contribution in [1.82, 2.24) is 4.90 Å². The number of methoxy groups -OCH3 is 1. The highest BCUT2D eigenvalue weighted by molar-refractivity contribution is 6.74. The Bertz CT molecular complexity index is 1140. The lowest BCUT2D eigenvalue weighted by molar-refractivity contribution is -0.275. The largest absolute Gasteiger partial charge is 0.573 e. The number of nitrogens with zero attached hydrogens (tertiary/aromatic N) is 1. The van der Waals surface area contributed by atoms with Crippen molar-refractivity contribution in [3.63, 3.8) is 0 Å². The van der Waals surface area contributed by atoms with E-state index in [1.807, 2.05) is 52.1 Å². The van der Waals surface area contributed by atoms with Crippen LogP contribution in [0.1, 0.15) is 68.1 Å². The summed E-state index contributed by atoms with van der Waals surface area (Å²) in [6.07, 6.45) is -3.57. The highest BCUT2D eigenvalue weighted by Gasteiger charge is 2.41. The van der Waals surface area contributed by atoms with Crippen molar-refractivity contribution in [1.29, 1.82) is 0 Å². The van der Waals surface area contributed by atoms with E-state index in [-0.39, 0.29) is 28.0 Å². The summed E-state index contributed by atoms with van der Waals surface area (Å²) in [4.78, 5) is 14.5. The Morgan fingerprint density at radius 1 is 1.00 bits per heavy atom. The Labute approximate surface area is 219 Å². The molecule has 204 valence electrons. The molecule has 0 atom stereocenters. The zero-order chi connectivity index (χ0) is 27.8. The predicted octanol–water partition coefficient (Wildman–Crippen LogP) is 7.48. The Balaban J connectivity index is 1.78. The zero-order valence-corrected chi connectivity index (χ0v) is 24.0. The maximum absolute atomic E-state index is 13.2. The number of carbonyl (C=O) groups is 1. The molecule has 0 saturated heterocycles. The Morgan fingerprint density at radius 3 is 2.27 bits per heavy atom. The van der Waals surface area contributed by atoms with Gasteiger partial charge in [-0.3, -0.25) is 4.90 Å². The number of ether oxygens (including phenoxy) is 2. The number of hydrogen-bond acceptors (Lipinski definition) is 5. The lowest BCUT2D eigenvalue weighted by atomic mass is 9.93. The number of rotatable bonds is 8. The standard InChI is InChI=1S/C28H38F3NO4Si/c1-26(2,3)37(7,8)36-23-13-12-19(16-24(23)35-28(29,30)31)14-15-27(4,5)32-17-20-10-9-11-21(22(20)18-32)25(33)34-6/h9-13,16H,14-15,17-18H2,1-8H3. The Kier molecular flexibility index (Phi) is 8.10.